The number of carbonyl (C=O) groups excluding carboxylic acids is 3. The Kier molecular flexibility index (Phi) is 4.04. The Morgan fingerprint density at radius 1 is 1.62 bits per heavy atom. The molecule has 16 heavy (non-hydrogen) atoms. The SMILES string of the molecule is CCOC(=O)C=C(C)NC1CC(=O)NC1=O. The van der Waals surface area contributed by atoms with Crippen molar-refractivity contribution in [1.29, 1.82) is 0 Å². The van der Waals surface area contributed by atoms with Crippen LogP contribution in [0.5, 0.6) is 0 Å². The molecule has 0 aromatic carbocycles. The van der Waals surface area contributed by atoms with Gasteiger partial charge in [-0.05, 0) is 13.8 Å². The van der Waals surface area contributed by atoms with Crippen LogP contribution in [0, 0.1) is 0 Å². The third-order valence-corrected chi connectivity index (χ3v) is 1.99. The molecule has 2 N–H and O–H groups in total. The van der Waals surface area contributed by atoms with Gasteiger partial charge in [-0.25, -0.2) is 4.79 Å². The second-order valence-electron chi connectivity index (χ2n) is 3.39. The van der Waals surface area contributed by atoms with Crippen molar-refractivity contribution in [3.63, 3.8) is 0 Å². The summed E-state index contributed by atoms with van der Waals surface area (Å²) < 4.78 is 4.70. The Labute approximate surface area is 93.0 Å². The smallest absolute Gasteiger partial charge is 0.332 e. The number of allylic oxidation sites excluding steroid dienone is 1. The molecule has 0 spiro atoms. The number of rotatable bonds is 4. The van der Waals surface area contributed by atoms with Crippen molar-refractivity contribution in [3.05, 3.63) is 11.8 Å². The molecule has 6 heteroatoms. The van der Waals surface area contributed by atoms with Gasteiger partial charge >= 0.3 is 5.97 Å². The van der Waals surface area contributed by atoms with Gasteiger partial charge in [-0.15, -0.1) is 0 Å². The fourth-order valence-corrected chi connectivity index (χ4v) is 1.35. The number of carbonyl (C=O) groups is 3. The molecule has 1 unspecified atom stereocenters. The van der Waals surface area contributed by atoms with Crippen LogP contribution < -0.4 is 10.6 Å². The molecule has 0 radical (unpaired) electrons. The van der Waals surface area contributed by atoms with Crippen molar-refractivity contribution in [1.82, 2.24) is 10.6 Å². The third-order valence-electron chi connectivity index (χ3n) is 1.99. The molecule has 0 saturated carbocycles. The Hall–Kier alpha value is -1.85. The van der Waals surface area contributed by atoms with Crippen LogP contribution >= 0.6 is 0 Å². The molecule has 1 aliphatic rings. The zero-order valence-electron chi connectivity index (χ0n) is 9.20. The van der Waals surface area contributed by atoms with Gasteiger partial charge in [-0.3, -0.25) is 14.9 Å². The van der Waals surface area contributed by atoms with Gasteiger partial charge in [0.2, 0.25) is 11.8 Å². The van der Waals surface area contributed by atoms with Crippen LogP contribution in [0.4, 0.5) is 0 Å². The molecule has 1 atom stereocenters. The minimum Gasteiger partial charge on any atom is -0.463 e. The van der Waals surface area contributed by atoms with E-state index in [9.17, 15) is 14.4 Å². The Bertz CT molecular complexity index is 349. The van der Waals surface area contributed by atoms with E-state index < -0.39 is 12.0 Å². The number of hydrogen-bond donors (Lipinski definition) is 2. The van der Waals surface area contributed by atoms with Crippen LogP contribution in [0.1, 0.15) is 20.3 Å². The lowest BCUT2D eigenvalue weighted by atomic mass is 10.2. The zero-order valence-corrected chi connectivity index (χ0v) is 9.20. The minimum atomic E-state index is -0.599. The van der Waals surface area contributed by atoms with Gasteiger partial charge in [0.1, 0.15) is 6.04 Å². The topological polar surface area (TPSA) is 84.5 Å². The van der Waals surface area contributed by atoms with E-state index in [0.29, 0.717) is 12.3 Å². The molecule has 2 amide bonds. The highest BCUT2D eigenvalue weighted by molar-refractivity contribution is 6.05. The molecule has 0 aromatic heterocycles. The molecule has 1 aliphatic heterocycles. The molecule has 1 rings (SSSR count). The van der Waals surface area contributed by atoms with E-state index in [0.717, 1.165) is 0 Å². The van der Waals surface area contributed by atoms with E-state index in [2.05, 4.69) is 10.6 Å². The standard InChI is InChI=1S/C10H14N2O4/c1-3-16-9(14)4-6(2)11-7-5-8(13)12-10(7)15/h4,7,11H,3,5H2,1-2H3,(H,12,13,15). The van der Waals surface area contributed by atoms with Gasteiger partial charge in [0, 0.05) is 11.8 Å². The van der Waals surface area contributed by atoms with E-state index >= 15 is 0 Å². The largest absolute Gasteiger partial charge is 0.463 e. The molecule has 88 valence electrons. The minimum absolute atomic E-state index is 0.0901. The van der Waals surface area contributed by atoms with Crippen molar-refractivity contribution in [3.8, 4) is 0 Å². The fraction of sp³-hybridized carbons (Fsp3) is 0.500. The fourth-order valence-electron chi connectivity index (χ4n) is 1.35. The van der Waals surface area contributed by atoms with Gasteiger partial charge in [0.05, 0.1) is 13.0 Å². The summed E-state index contributed by atoms with van der Waals surface area (Å²) in [7, 11) is 0. The normalized spacial score (nSPS) is 20.6. The van der Waals surface area contributed by atoms with Crippen LogP contribution in [-0.2, 0) is 19.1 Å². The van der Waals surface area contributed by atoms with Crippen molar-refractivity contribution < 1.29 is 19.1 Å². The molecule has 1 fully saturated rings. The average molecular weight is 226 g/mol. The van der Waals surface area contributed by atoms with Crippen molar-refractivity contribution >= 4 is 17.8 Å². The summed E-state index contributed by atoms with van der Waals surface area (Å²) in [5, 5.41) is 4.94. The summed E-state index contributed by atoms with van der Waals surface area (Å²) in [5.74, 6) is -1.16. The zero-order chi connectivity index (χ0) is 12.1. The maximum Gasteiger partial charge on any atom is 0.332 e. The van der Waals surface area contributed by atoms with E-state index in [4.69, 9.17) is 4.74 Å². The van der Waals surface area contributed by atoms with E-state index in [1.54, 1.807) is 13.8 Å². The van der Waals surface area contributed by atoms with Crippen molar-refractivity contribution in [2.24, 2.45) is 0 Å². The molecule has 0 bridgehead atoms. The van der Waals surface area contributed by atoms with E-state index in [1.165, 1.54) is 6.08 Å². The van der Waals surface area contributed by atoms with Gasteiger partial charge < -0.3 is 10.1 Å². The lowest BCUT2D eigenvalue weighted by molar-refractivity contribution is -0.137. The highest BCUT2D eigenvalue weighted by atomic mass is 16.5. The van der Waals surface area contributed by atoms with Crippen LogP contribution in [0.25, 0.3) is 0 Å². The summed E-state index contributed by atoms with van der Waals surface area (Å²) in [6.45, 7) is 3.63. The Morgan fingerprint density at radius 3 is 2.81 bits per heavy atom. The van der Waals surface area contributed by atoms with E-state index in [1.807, 2.05) is 0 Å². The van der Waals surface area contributed by atoms with Crippen molar-refractivity contribution in [2.45, 2.75) is 26.3 Å². The summed E-state index contributed by atoms with van der Waals surface area (Å²) in [6.07, 6.45) is 1.34. The predicted molar refractivity (Wildman–Crippen MR) is 55.1 cm³/mol. The Balaban J connectivity index is 2.51. The molecular formula is C10H14N2O4. The first-order valence-electron chi connectivity index (χ1n) is 4.98. The number of imide groups is 1. The first-order valence-corrected chi connectivity index (χ1v) is 4.98. The first-order chi connectivity index (χ1) is 7.52. The summed E-state index contributed by atoms with van der Waals surface area (Å²) in [4.78, 5) is 33.1. The molecule has 1 heterocycles. The second kappa shape index (κ2) is 5.29. The monoisotopic (exact) mass is 226 g/mol. The maximum absolute atomic E-state index is 11.2. The summed E-state index contributed by atoms with van der Waals surface area (Å²) in [5.41, 5.74) is 0.494. The maximum atomic E-state index is 11.2. The van der Waals surface area contributed by atoms with Crippen LogP contribution in [0.2, 0.25) is 0 Å². The molecule has 6 nitrogen and oxygen atoms in total. The molecular weight excluding hydrogens is 212 g/mol. The highest BCUT2D eigenvalue weighted by Crippen LogP contribution is 2.03. The number of hydrogen-bond acceptors (Lipinski definition) is 5. The number of nitrogens with one attached hydrogen (secondary N) is 2. The van der Waals surface area contributed by atoms with Crippen LogP contribution in [0.15, 0.2) is 11.8 Å². The Morgan fingerprint density at radius 2 is 2.31 bits per heavy atom. The van der Waals surface area contributed by atoms with Gasteiger partial charge in [0.15, 0.2) is 0 Å². The summed E-state index contributed by atoms with van der Waals surface area (Å²) in [6, 6.07) is -0.599. The van der Waals surface area contributed by atoms with Gasteiger partial charge in [0.25, 0.3) is 0 Å². The number of esters is 1. The predicted octanol–water partition coefficient (Wildman–Crippen LogP) is -0.542. The average Bonchev–Trinajstić information content (AvgIpc) is 2.44. The van der Waals surface area contributed by atoms with Crippen molar-refractivity contribution in [2.75, 3.05) is 6.61 Å². The summed E-state index contributed by atoms with van der Waals surface area (Å²) >= 11 is 0. The lowest BCUT2D eigenvalue weighted by Crippen LogP contribution is -2.35. The van der Waals surface area contributed by atoms with Gasteiger partial charge in [-0.2, -0.15) is 0 Å². The number of ether oxygens (including phenoxy) is 1. The van der Waals surface area contributed by atoms with Gasteiger partial charge in [-0.1, -0.05) is 0 Å². The van der Waals surface area contributed by atoms with Crippen LogP contribution in [-0.4, -0.2) is 30.4 Å². The third kappa shape index (κ3) is 3.38. The molecule has 0 aliphatic carbocycles. The first kappa shape index (κ1) is 12.2. The molecule has 0 aromatic rings. The van der Waals surface area contributed by atoms with E-state index in [-0.39, 0.29) is 18.2 Å². The highest BCUT2D eigenvalue weighted by Gasteiger charge is 2.30. The quantitative estimate of drug-likeness (QED) is 0.382. The lowest BCUT2D eigenvalue weighted by Gasteiger charge is -2.10. The second-order valence-corrected chi connectivity index (χ2v) is 3.39. The molecule has 1 saturated heterocycles. The van der Waals surface area contributed by atoms with Crippen LogP contribution in [0.3, 0.4) is 0 Å². The number of amides is 2.